The molecule has 4 nitrogen and oxygen atoms in total. The van der Waals surface area contributed by atoms with Crippen molar-refractivity contribution in [3.63, 3.8) is 0 Å². The van der Waals surface area contributed by atoms with Crippen LogP contribution in [0.15, 0.2) is 18.2 Å². The minimum Gasteiger partial charge on any atom is -0.399 e. The lowest BCUT2D eigenvalue weighted by atomic mass is 10.1. The molecule has 0 bridgehead atoms. The Morgan fingerprint density at radius 1 is 1.47 bits per heavy atom. The molecule has 2 rings (SSSR count). The molecule has 0 radical (unpaired) electrons. The highest BCUT2D eigenvalue weighted by molar-refractivity contribution is 5.95. The second-order valence-electron chi connectivity index (χ2n) is 4.00. The Bertz CT molecular complexity index is 377. The molecular formula is C11H14N2O2. The van der Waals surface area contributed by atoms with Gasteiger partial charge in [0, 0.05) is 24.3 Å². The van der Waals surface area contributed by atoms with E-state index < -0.39 is 0 Å². The zero-order valence-corrected chi connectivity index (χ0v) is 8.60. The molecule has 1 heterocycles. The number of aliphatic hydroxyl groups excluding tert-OH is 1. The van der Waals surface area contributed by atoms with Crippen LogP contribution in [0.4, 0.5) is 5.69 Å². The average molecular weight is 206 g/mol. The lowest BCUT2D eigenvalue weighted by Gasteiger charge is -2.35. The lowest BCUT2D eigenvalue weighted by Crippen LogP contribution is -2.53. The van der Waals surface area contributed by atoms with E-state index >= 15 is 0 Å². The van der Waals surface area contributed by atoms with E-state index in [9.17, 15) is 4.79 Å². The molecule has 1 aliphatic rings. The molecular weight excluding hydrogens is 192 g/mol. The first-order valence-corrected chi connectivity index (χ1v) is 4.91. The molecule has 1 aliphatic heterocycles. The number of likely N-dealkylation sites (tertiary alicyclic amines) is 1. The third kappa shape index (κ3) is 1.94. The monoisotopic (exact) mass is 206 g/mol. The van der Waals surface area contributed by atoms with Crippen LogP contribution >= 0.6 is 0 Å². The largest absolute Gasteiger partial charge is 0.399 e. The van der Waals surface area contributed by atoms with Crippen molar-refractivity contribution in [2.75, 3.05) is 18.8 Å². The minimum atomic E-state index is -0.365. The number of β-amino-alcohol motifs (C(OH)–C–C–N with tert-alkyl or cyclic N) is 1. The molecule has 15 heavy (non-hydrogen) atoms. The molecule has 3 N–H and O–H groups in total. The molecule has 0 aromatic heterocycles. The van der Waals surface area contributed by atoms with Crippen LogP contribution in [0.2, 0.25) is 0 Å². The normalized spacial score (nSPS) is 16.3. The van der Waals surface area contributed by atoms with Crippen LogP contribution in [0.5, 0.6) is 0 Å². The highest BCUT2D eigenvalue weighted by Crippen LogP contribution is 2.17. The number of aliphatic hydroxyl groups is 1. The van der Waals surface area contributed by atoms with E-state index in [-0.39, 0.29) is 12.0 Å². The Morgan fingerprint density at radius 3 is 2.67 bits per heavy atom. The Balaban J connectivity index is 2.18. The molecule has 0 unspecified atom stereocenters. The first kappa shape index (κ1) is 9.98. The first-order valence-electron chi connectivity index (χ1n) is 4.91. The van der Waals surface area contributed by atoms with Gasteiger partial charge in [0.25, 0.3) is 5.91 Å². The number of aryl methyl sites for hydroxylation is 1. The summed E-state index contributed by atoms with van der Waals surface area (Å²) < 4.78 is 0. The fourth-order valence-corrected chi connectivity index (χ4v) is 1.74. The number of carbonyl (C=O) groups is 1. The summed E-state index contributed by atoms with van der Waals surface area (Å²) in [6, 6.07) is 5.30. The van der Waals surface area contributed by atoms with Crippen LogP contribution in [0.1, 0.15) is 15.9 Å². The predicted molar refractivity (Wildman–Crippen MR) is 57.5 cm³/mol. The third-order valence-electron chi connectivity index (χ3n) is 2.50. The van der Waals surface area contributed by atoms with Gasteiger partial charge in [-0.3, -0.25) is 4.79 Å². The van der Waals surface area contributed by atoms with E-state index in [2.05, 4.69) is 0 Å². The number of hydrogen-bond acceptors (Lipinski definition) is 3. The number of amides is 1. The maximum Gasteiger partial charge on any atom is 0.254 e. The number of nitrogens with zero attached hydrogens (tertiary/aromatic N) is 1. The molecule has 0 atom stereocenters. The molecule has 1 aromatic rings. The van der Waals surface area contributed by atoms with Crippen LogP contribution in [0, 0.1) is 6.92 Å². The molecule has 4 heteroatoms. The van der Waals surface area contributed by atoms with Crippen LogP contribution in [-0.4, -0.2) is 35.1 Å². The Labute approximate surface area is 88.3 Å². The summed E-state index contributed by atoms with van der Waals surface area (Å²) in [5, 5.41) is 9.10. The quantitative estimate of drug-likeness (QED) is 0.653. The van der Waals surface area contributed by atoms with Gasteiger partial charge in [0.1, 0.15) is 0 Å². The summed E-state index contributed by atoms with van der Waals surface area (Å²) in [4.78, 5) is 13.4. The van der Waals surface area contributed by atoms with Gasteiger partial charge >= 0.3 is 0 Å². The Hall–Kier alpha value is -1.55. The predicted octanol–water partition coefficient (Wildman–Crippen LogP) is 0.394. The van der Waals surface area contributed by atoms with Crippen molar-refractivity contribution < 1.29 is 9.90 Å². The van der Waals surface area contributed by atoms with Gasteiger partial charge in [0.05, 0.1) is 6.10 Å². The van der Waals surface area contributed by atoms with Crippen molar-refractivity contribution in [3.8, 4) is 0 Å². The van der Waals surface area contributed by atoms with Gasteiger partial charge in [-0.1, -0.05) is 0 Å². The summed E-state index contributed by atoms with van der Waals surface area (Å²) in [6.07, 6.45) is -0.365. The number of hydrogen-bond donors (Lipinski definition) is 2. The van der Waals surface area contributed by atoms with E-state index in [4.69, 9.17) is 10.8 Å². The zero-order chi connectivity index (χ0) is 11.0. The van der Waals surface area contributed by atoms with Gasteiger partial charge in [0.15, 0.2) is 0 Å². The van der Waals surface area contributed by atoms with E-state index in [0.29, 0.717) is 24.3 Å². The van der Waals surface area contributed by atoms with Gasteiger partial charge in [-0.05, 0) is 30.7 Å². The first-order chi connectivity index (χ1) is 7.06. The SMILES string of the molecule is Cc1cc(N)cc(C(=O)N2CC(O)C2)c1. The summed E-state index contributed by atoms with van der Waals surface area (Å²) >= 11 is 0. The van der Waals surface area contributed by atoms with Crippen molar-refractivity contribution in [1.29, 1.82) is 0 Å². The minimum absolute atomic E-state index is 0.0595. The van der Waals surface area contributed by atoms with E-state index in [1.807, 2.05) is 19.1 Å². The topological polar surface area (TPSA) is 66.6 Å². The summed E-state index contributed by atoms with van der Waals surface area (Å²) in [5.74, 6) is -0.0595. The van der Waals surface area contributed by atoms with Gasteiger partial charge in [-0.25, -0.2) is 0 Å². The summed E-state index contributed by atoms with van der Waals surface area (Å²) in [5.41, 5.74) is 7.83. The fourth-order valence-electron chi connectivity index (χ4n) is 1.74. The van der Waals surface area contributed by atoms with Gasteiger partial charge < -0.3 is 15.7 Å². The van der Waals surface area contributed by atoms with Crippen molar-refractivity contribution >= 4 is 11.6 Å². The van der Waals surface area contributed by atoms with Crippen LogP contribution in [-0.2, 0) is 0 Å². The van der Waals surface area contributed by atoms with Crippen molar-refractivity contribution in [3.05, 3.63) is 29.3 Å². The van der Waals surface area contributed by atoms with Crippen molar-refractivity contribution in [2.45, 2.75) is 13.0 Å². The fraction of sp³-hybridized carbons (Fsp3) is 0.364. The van der Waals surface area contributed by atoms with Gasteiger partial charge in [0.2, 0.25) is 0 Å². The van der Waals surface area contributed by atoms with Gasteiger partial charge in [-0.2, -0.15) is 0 Å². The molecule has 0 aliphatic carbocycles. The van der Waals surface area contributed by atoms with E-state index in [0.717, 1.165) is 5.56 Å². The number of nitrogens with two attached hydrogens (primary N) is 1. The maximum absolute atomic E-state index is 11.8. The summed E-state index contributed by atoms with van der Waals surface area (Å²) in [7, 11) is 0. The second-order valence-corrected chi connectivity index (χ2v) is 4.00. The molecule has 1 fully saturated rings. The molecule has 0 spiro atoms. The standard InChI is InChI=1S/C11H14N2O2/c1-7-2-8(4-9(12)3-7)11(15)13-5-10(14)6-13/h2-4,10,14H,5-6,12H2,1H3. The maximum atomic E-state index is 11.8. The number of anilines is 1. The third-order valence-corrected chi connectivity index (χ3v) is 2.50. The average Bonchev–Trinajstić information content (AvgIpc) is 2.10. The molecule has 1 saturated heterocycles. The van der Waals surface area contributed by atoms with Gasteiger partial charge in [-0.15, -0.1) is 0 Å². The second kappa shape index (κ2) is 3.55. The smallest absolute Gasteiger partial charge is 0.254 e. The van der Waals surface area contributed by atoms with Crippen LogP contribution in [0.25, 0.3) is 0 Å². The summed E-state index contributed by atoms with van der Waals surface area (Å²) in [6.45, 7) is 2.75. The molecule has 1 amide bonds. The highest BCUT2D eigenvalue weighted by Gasteiger charge is 2.29. The highest BCUT2D eigenvalue weighted by atomic mass is 16.3. The number of rotatable bonds is 1. The zero-order valence-electron chi connectivity index (χ0n) is 8.60. The molecule has 80 valence electrons. The van der Waals surface area contributed by atoms with Crippen LogP contribution in [0.3, 0.4) is 0 Å². The molecule has 0 saturated carbocycles. The number of carbonyl (C=O) groups excluding carboxylic acids is 1. The number of nitrogen functional groups attached to an aromatic ring is 1. The molecule has 1 aromatic carbocycles. The number of benzene rings is 1. The Kier molecular flexibility index (Phi) is 2.36. The van der Waals surface area contributed by atoms with Crippen molar-refractivity contribution in [2.24, 2.45) is 0 Å². The lowest BCUT2D eigenvalue weighted by molar-refractivity contribution is 0.00589. The van der Waals surface area contributed by atoms with E-state index in [1.54, 1.807) is 11.0 Å². The Morgan fingerprint density at radius 2 is 2.13 bits per heavy atom. The van der Waals surface area contributed by atoms with E-state index in [1.165, 1.54) is 0 Å². The van der Waals surface area contributed by atoms with Crippen molar-refractivity contribution in [1.82, 2.24) is 4.90 Å². The van der Waals surface area contributed by atoms with Crippen LogP contribution < -0.4 is 5.73 Å².